The zero-order valence-electron chi connectivity index (χ0n) is 9.52. The van der Waals surface area contributed by atoms with Gasteiger partial charge in [0.05, 0.1) is 16.8 Å². The van der Waals surface area contributed by atoms with E-state index in [-0.39, 0.29) is 11.8 Å². The Bertz CT molecular complexity index is 639. The molecule has 1 heterocycles. The van der Waals surface area contributed by atoms with Crippen molar-refractivity contribution in [2.24, 2.45) is 0 Å². The van der Waals surface area contributed by atoms with Crippen molar-refractivity contribution in [2.75, 3.05) is 11.4 Å². The highest BCUT2D eigenvalue weighted by Crippen LogP contribution is 2.33. The van der Waals surface area contributed by atoms with Crippen molar-refractivity contribution in [1.82, 2.24) is 9.97 Å². The van der Waals surface area contributed by atoms with Crippen LogP contribution in [0.2, 0.25) is 15.3 Å². The summed E-state index contributed by atoms with van der Waals surface area (Å²) in [6, 6.07) is 8.69. The van der Waals surface area contributed by atoms with Gasteiger partial charge in [-0.2, -0.15) is 5.26 Å². The fourth-order valence-electron chi connectivity index (χ4n) is 1.53. The normalized spacial score (nSPS) is 10.0. The Labute approximate surface area is 125 Å². The summed E-state index contributed by atoms with van der Waals surface area (Å²) in [4.78, 5) is 9.48. The molecule has 0 saturated heterocycles. The largest absolute Gasteiger partial charge is 0.311 e. The lowest BCUT2D eigenvalue weighted by Crippen LogP contribution is -2.19. The summed E-state index contributed by atoms with van der Waals surface area (Å²) in [6.07, 6.45) is 1.51. The molecule has 0 amide bonds. The molecule has 96 valence electrons. The summed E-state index contributed by atoms with van der Waals surface area (Å²) >= 11 is 17.8. The minimum Gasteiger partial charge on any atom is -0.311 e. The van der Waals surface area contributed by atoms with E-state index in [1.165, 1.54) is 6.20 Å². The first kappa shape index (κ1) is 13.9. The highest BCUT2D eigenvalue weighted by molar-refractivity contribution is 6.35. The molecular weight excluding hydrogens is 307 g/mol. The van der Waals surface area contributed by atoms with Gasteiger partial charge in [-0.3, -0.25) is 0 Å². The molecule has 2 aromatic rings. The van der Waals surface area contributed by atoms with Crippen molar-refractivity contribution in [3.05, 3.63) is 45.8 Å². The van der Waals surface area contributed by atoms with Gasteiger partial charge in [-0.1, -0.05) is 23.2 Å². The predicted octanol–water partition coefficient (Wildman–Crippen LogP) is 4.10. The zero-order valence-corrected chi connectivity index (χ0v) is 11.8. The van der Waals surface area contributed by atoms with Crippen molar-refractivity contribution in [2.45, 2.75) is 0 Å². The average Bonchev–Trinajstić information content (AvgIpc) is 2.39. The minimum absolute atomic E-state index is 0.0629. The number of nitrogens with zero attached hydrogens (tertiary/aromatic N) is 4. The second kappa shape index (κ2) is 6.07. The molecule has 2 rings (SSSR count). The Morgan fingerprint density at radius 1 is 1.21 bits per heavy atom. The molecule has 0 radical (unpaired) electrons. The van der Waals surface area contributed by atoms with E-state index in [0.29, 0.717) is 21.6 Å². The number of halogens is 3. The van der Waals surface area contributed by atoms with E-state index in [1.807, 2.05) is 0 Å². The number of hydrogen-bond acceptors (Lipinski definition) is 4. The lowest BCUT2D eigenvalue weighted by molar-refractivity contribution is 1.03. The van der Waals surface area contributed by atoms with E-state index in [9.17, 15) is 0 Å². The Morgan fingerprint density at radius 2 is 2.00 bits per heavy atom. The molecule has 0 saturated carbocycles. The van der Waals surface area contributed by atoms with Crippen LogP contribution in [0.4, 0.5) is 11.5 Å². The van der Waals surface area contributed by atoms with Crippen LogP contribution in [-0.2, 0) is 0 Å². The van der Waals surface area contributed by atoms with Gasteiger partial charge in [0.25, 0.3) is 0 Å². The van der Waals surface area contributed by atoms with E-state index >= 15 is 0 Å². The van der Waals surface area contributed by atoms with E-state index in [2.05, 4.69) is 16.0 Å². The minimum atomic E-state index is 0.0629. The van der Waals surface area contributed by atoms with Gasteiger partial charge in [0.15, 0.2) is 0 Å². The van der Waals surface area contributed by atoms with E-state index in [1.54, 1.807) is 29.2 Å². The average molecular weight is 314 g/mol. The first-order chi connectivity index (χ1) is 9.11. The molecule has 0 aliphatic carbocycles. The van der Waals surface area contributed by atoms with Gasteiger partial charge in [-0.05, 0) is 35.9 Å². The lowest BCUT2D eigenvalue weighted by Gasteiger charge is -2.21. The number of anilines is 2. The summed E-state index contributed by atoms with van der Waals surface area (Å²) in [7, 11) is 0. The molecule has 0 fully saturated rings. The van der Waals surface area contributed by atoms with E-state index < -0.39 is 0 Å². The third-order valence-electron chi connectivity index (χ3n) is 2.32. The third kappa shape index (κ3) is 3.27. The maximum atomic E-state index is 8.94. The maximum Gasteiger partial charge on any atom is 0.224 e. The number of rotatable bonds is 3. The van der Waals surface area contributed by atoms with Gasteiger partial charge >= 0.3 is 0 Å². The fourth-order valence-corrected chi connectivity index (χ4v) is 2.06. The topological polar surface area (TPSA) is 52.8 Å². The fraction of sp³-hybridized carbons (Fsp3) is 0.0833. The summed E-state index contributed by atoms with van der Waals surface area (Å²) < 4.78 is 0. The first-order valence-corrected chi connectivity index (χ1v) is 6.33. The Morgan fingerprint density at radius 3 is 2.68 bits per heavy atom. The van der Waals surface area contributed by atoms with Gasteiger partial charge in [0.2, 0.25) is 5.28 Å². The number of hydrogen-bond donors (Lipinski definition) is 0. The highest BCUT2D eigenvalue weighted by atomic mass is 35.5. The predicted molar refractivity (Wildman–Crippen MR) is 76.1 cm³/mol. The molecule has 19 heavy (non-hydrogen) atoms. The van der Waals surface area contributed by atoms with Crippen LogP contribution in [0.3, 0.4) is 0 Å². The van der Waals surface area contributed by atoms with Gasteiger partial charge in [0, 0.05) is 11.2 Å². The molecule has 0 aliphatic heterocycles. The van der Waals surface area contributed by atoms with Crippen molar-refractivity contribution >= 4 is 46.3 Å². The van der Waals surface area contributed by atoms with Gasteiger partial charge < -0.3 is 4.90 Å². The Hall–Kier alpha value is -1.54. The summed E-state index contributed by atoms with van der Waals surface area (Å²) in [5.74, 6) is 0.478. The smallest absolute Gasteiger partial charge is 0.224 e. The second-order valence-corrected chi connectivity index (χ2v) is 4.71. The number of aromatic nitrogens is 2. The van der Waals surface area contributed by atoms with Crippen molar-refractivity contribution in [3.8, 4) is 6.07 Å². The second-order valence-electron chi connectivity index (χ2n) is 3.52. The highest BCUT2D eigenvalue weighted by Gasteiger charge is 2.14. The van der Waals surface area contributed by atoms with Crippen LogP contribution in [0.1, 0.15) is 0 Å². The molecule has 0 N–H and O–H groups in total. The molecule has 0 bridgehead atoms. The van der Waals surface area contributed by atoms with Crippen molar-refractivity contribution in [3.63, 3.8) is 0 Å². The molecule has 1 aromatic heterocycles. The van der Waals surface area contributed by atoms with Crippen LogP contribution in [0, 0.1) is 11.3 Å². The molecule has 0 atom stereocenters. The van der Waals surface area contributed by atoms with Crippen molar-refractivity contribution in [1.29, 1.82) is 5.26 Å². The molecule has 0 spiro atoms. The van der Waals surface area contributed by atoms with Crippen LogP contribution < -0.4 is 4.90 Å². The van der Waals surface area contributed by atoms with Crippen LogP contribution in [-0.4, -0.2) is 16.5 Å². The van der Waals surface area contributed by atoms with E-state index in [4.69, 9.17) is 40.1 Å². The number of nitriles is 1. The SMILES string of the molecule is N#CCN(c1ccnc(Cl)n1)c1cc(Cl)ccc1Cl. The van der Waals surface area contributed by atoms with Gasteiger partial charge in [-0.15, -0.1) is 0 Å². The Kier molecular flexibility index (Phi) is 4.43. The molecule has 1 aromatic carbocycles. The Balaban J connectivity index is 2.51. The monoisotopic (exact) mass is 312 g/mol. The summed E-state index contributed by atoms with van der Waals surface area (Å²) in [5.41, 5.74) is 0.588. The standard InChI is InChI=1S/C12H7Cl3N4/c13-8-1-2-9(14)10(7-8)19(6-4-16)11-3-5-17-12(15)18-11/h1-3,5,7H,6H2. The van der Waals surface area contributed by atoms with Gasteiger partial charge in [-0.25, -0.2) is 9.97 Å². The molecule has 4 nitrogen and oxygen atoms in total. The number of benzene rings is 1. The van der Waals surface area contributed by atoms with Crippen molar-refractivity contribution < 1.29 is 0 Å². The van der Waals surface area contributed by atoms with Crippen LogP contribution in [0.5, 0.6) is 0 Å². The van der Waals surface area contributed by atoms with E-state index in [0.717, 1.165) is 0 Å². The van der Waals surface area contributed by atoms with Crippen LogP contribution in [0.15, 0.2) is 30.5 Å². The molecule has 0 unspecified atom stereocenters. The van der Waals surface area contributed by atoms with Crippen LogP contribution >= 0.6 is 34.8 Å². The third-order valence-corrected chi connectivity index (χ3v) is 3.05. The first-order valence-electron chi connectivity index (χ1n) is 5.20. The zero-order chi connectivity index (χ0) is 13.8. The summed E-state index contributed by atoms with van der Waals surface area (Å²) in [5, 5.41) is 10.0. The lowest BCUT2D eigenvalue weighted by atomic mass is 10.2. The summed E-state index contributed by atoms with van der Waals surface area (Å²) in [6.45, 7) is 0.0629. The van der Waals surface area contributed by atoms with Crippen LogP contribution in [0.25, 0.3) is 0 Å². The molecule has 7 heteroatoms. The van der Waals surface area contributed by atoms with Gasteiger partial charge in [0.1, 0.15) is 12.4 Å². The molecule has 0 aliphatic rings. The maximum absolute atomic E-state index is 8.94. The molecular formula is C12H7Cl3N4. The quantitative estimate of drug-likeness (QED) is 0.632.